The van der Waals surface area contributed by atoms with Gasteiger partial charge in [0.2, 0.25) is 0 Å². The van der Waals surface area contributed by atoms with Gasteiger partial charge in [-0.15, -0.1) is 0 Å². The number of hydrogen-bond acceptors (Lipinski definition) is 3. The van der Waals surface area contributed by atoms with Crippen LogP contribution in [0.5, 0.6) is 0 Å². The molecule has 2 rings (SSSR count). The zero-order chi connectivity index (χ0) is 10.6. The molecule has 0 aliphatic carbocycles. The number of hydrogen-bond donors (Lipinski definition) is 2. The second kappa shape index (κ2) is 5.28. The molecule has 0 saturated carbocycles. The first-order chi connectivity index (χ1) is 7.35. The first-order valence-electron chi connectivity index (χ1n) is 6.28. The fraction of sp³-hybridized carbons (Fsp3) is 1.00. The molecule has 3 heteroatoms. The Morgan fingerprint density at radius 1 is 1.47 bits per heavy atom. The van der Waals surface area contributed by atoms with Crippen LogP contribution in [-0.2, 0) is 4.74 Å². The quantitative estimate of drug-likeness (QED) is 0.723. The molecule has 2 unspecified atom stereocenters. The van der Waals surface area contributed by atoms with Gasteiger partial charge < -0.3 is 15.2 Å². The van der Waals surface area contributed by atoms with Crippen molar-refractivity contribution >= 4 is 0 Å². The van der Waals surface area contributed by atoms with E-state index in [0.717, 1.165) is 32.5 Å². The van der Waals surface area contributed by atoms with Crippen LogP contribution >= 0.6 is 0 Å². The van der Waals surface area contributed by atoms with Crippen LogP contribution in [0.3, 0.4) is 0 Å². The Balaban J connectivity index is 1.67. The van der Waals surface area contributed by atoms with E-state index in [9.17, 15) is 5.11 Å². The molecule has 2 fully saturated rings. The normalized spacial score (nSPS) is 36.2. The molecular weight excluding hydrogens is 190 g/mol. The van der Waals surface area contributed by atoms with Gasteiger partial charge in [0.05, 0.1) is 6.10 Å². The monoisotopic (exact) mass is 213 g/mol. The van der Waals surface area contributed by atoms with Crippen molar-refractivity contribution in [2.24, 2.45) is 5.41 Å². The van der Waals surface area contributed by atoms with E-state index in [4.69, 9.17) is 4.74 Å². The van der Waals surface area contributed by atoms with Gasteiger partial charge in [-0.2, -0.15) is 0 Å². The summed E-state index contributed by atoms with van der Waals surface area (Å²) in [6.07, 6.45) is 7.65. The van der Waals surface area contributed by atoms with Gasteiger partial charge in [0, 0.05) is 25.2 Å². The standard InChI is InChI=1S/C12H23NO2/c14-10-12(6-7-13-9-12)5-1-3-11-4-2-8-15-11/h11,13-14H,1-10H2. The van der Waals surface area contributed by atoms with E-state index in [1.54, 1.807) is 0 Å². The van der Waals surface area contributed by atoms with E-state index in [1.807, 2.05) is 0 Å². The minimum atomic E-state index is 0.179. The predicted molar refractivity (Wildman–Crippen MR) is 59.8 cm³/mol. The third-order valence-corrected chi connectivity index (χ3v) is 3.92. The third-order valence-electron chi connectivity index (χ3n) is 3.92. The summed E-state index contributed by atoms with van der Waals surface area (Å²) >= 11 is 0. The summed E-state index contributed by atoms with van der Waals surface area (Å²) in [4.78, 5) is 0. The van der Waals surface area contributed by atoms with Crippen LogP contribution in [0.15, 0.2) is 0 Å². The highest BCUT2D eigenvalue weighted by molar-refractivity contribution is 4.87. The molecule has 2 aliphatic rings. The summed E-state index contributed by atoms with van der Waals surface area (Å²) in [5, 5.41) is 12.8. The number of ether oxygens (including phenoxy) is 1. The Kier molecular flexibility index (Phi) is 4.00. The summed E-state index contributed by atoms with van der Waals surface area (Å²) in [6.45, 7) is 3.36. The Morgan fingerprint density at radius 2 is 2.40 bits per heavy atom. The minimum absolute atomic E-state index is 0.179. The van der Waals surface area contributed by atoms with E-state index in [1.165, 1.54) is 25.7 Å². The van der Waals surface area contributed by atoms with Crippen molar-refractivity contribution in [3.63, 3.8) is 0 Å². The molecule has 0 amide bonds. The zero-order valence-corrected chi connectivity index (χ0v) is 9.50. The Hall–Kier alpha value is -0.120. The van der Waals surface area contributed by atoms with Crippen LogP contribution in [0.25, 0.3) is 0 Å². The van der Waals surface area contributed by atoms with Crippen LogP contribution in [0.1, 0.15) is 38.5 Å². The summed E-state index contributed by atoms with van der Waals surface area (Å²) in [5.74, 6) is 0. The number of aliphatic hydroxyl groups is 1. The highest BCUT2D eigenvalue weighted by Crippen LogP contribution is 2.32. The van der Waals surface area contributed by atoms with Crippen LogP contribution in [0.2, 0.25) is 0 Å². The lowest BCUT2D eigenvalue weighted by Gasteiger charge is -2.25. The molecule has 0 radical (unpaired) electrons. The maximum absolute atomic E-state index is 9.44. The molecule has 0 aromatic carbocycles. The molecule has 0 spiro atoms. The molecule has 0 bridgehead atoms. The third kappa shape index (κ3) is 2.92. The maximum atomic E-state index is 9.44. The lowest BCUT2D eigenvalue weighted by molar-refractivity contribution is 0.0890. The van der Waals surface area contributed by atoms with Gasteiger partial charge in [0.1, 0.15) is 0 Å². The average Bonchev–Trinajstić information content (AvgIpc) is 2.89. The Morgan fingerprint density at radius 3 is 3.00 bits per heavy atom. The second-order valence-electron chi connectivity index (χ2n) is 5.11. The summed E-state index contributed by atoms with van der Waals surface area (Å²) < 4.78 is 5.61. The van der Waals surface area contributed by atoms with E-state index < -0.39 is 0 Å². The van der Waals surface area contributed by atoms with Crippen molar-refractivity contribution in [3.8, 4) is 0 Å². The molecule has 2 saturated heterocycles. The molecule has 2 N–H and O–H groups in total. The Bertz CT molecular complexity index is 184. The van der Waals surface area contributed by atoms with Gasteiger partial charge in [0.25, 0.3) is 0 Å². The van der Waals surface area contributed by atoms with E-state index in [2.05, 4.69) is 5.32 Å². The molecule has 88 valence electrons. The topological polar surface area (TPSA) is 41.5 Å². The molecule has 2 heterocycles. The van der Waals surface area contributed by atoms with E-state index >= 15 is 0 Å². The molecular formula is C12H23NO2. The van der Waals surface area contributed by atoms with Gasteiger partial charge >= 0.3 is 0 Å². The average molecular weight is 213 g/mol. The molecule has 2 aliphatic heterocycles. The first-order valence-corrected chi connectivity index (χ1v) is 6.28. The van der Waals surface area contributed by atoms with Gasteiger partial charge in [0.15, 0.2) is 0 Å². The van der Waals surface area contributed by atoms with Gasteiger partial charge in [-0.05, 0) is 38.6 Å². The van der Waals surface area contributed by atoms with E-state index in [-0.39, 0.29) is 5.41 Å². The minimum Gasteiger partial charge on any atom is -0.396 e. The van der Waals surface area contributed by atoms with Crippen molar-refractivity contribution in [2.45, 2.75) is 44.6 Å². The van der Waals surface area contributed by atoms with Crippen LogP contribution in [0, 0.1) is 5.41 Å². The maximum Gasteiger partial charge on any atom is 0.0576 e. The van der Waals surface area contributed by atoms with Crippen LogP contribution < -0.4 is 5.32 Å². The smallest absolute Gasteiger partial charge is 0.0576 e. The fourth-order valence-corrected chi connectivity index (χ4v) is 2.80. The van der Waals surface area contributed by atoms with Crippen molar-refractivity contribution in [1.82, 2.24) is 5.32 Å². The summed E-state index contributed by atoms with van der Waals surface area (Å²) in [5.41, 5.74) is 0.179. The molecule has 0 aromatic rings. The van der Waals surface area contributed by atoms with Gasteiger partial charge in [-0.1, -0.05) is 6.42 Å². The highest BCUT2D eigenvalue weighted by atomic mass is 16.5. The van der Waals surface area contributed by atoms with Crippen molar-refractivity contribution in [3.05, 3.63) is 0 Å². The first kappa shape index (κ1) is 11.4. The molecule has 0 aromatic heterocycles. The summed E-state index contributed by atoms with van der Waals surface area (Å²) in [7, 11) is 0. The van der Waals surface area contributed by atoms with Gasteiger partial charge in [-0.25, -0.2) is 0 Å². The lowest BCUT2D eigenvalue weighted by Crippen LogP contribution is -2.28. The number of nitrogens with one attached hydrogen (secondary N) is 1. The number of aliphatic hydroxyl groups excluding tert-OH is 1. The predicted octanol–water partition coefficient (Wildman–Crippen LogP) is 1.31. The number of rotatable bonds is 5. The SMILES string of the molecule is OCC1(CCCC2CCCO2)CCNC1. The molecule has 15 heavy (non-hydrogen) atoms. The van der Waals surface area contributed by atoms with E-state index in [0.29, 0.717) is 12.7 Å². The lowest BCUT2D eigenvalue weighted by atomic mass is 9.82. The zero-order valence-electron chi connectivity index (χ0n) is 9.50. The summed E-state index contributed by atoms with van der Waals surface area (Å²) in [6, 6.07) is 0. The molecule has 2 atom stereocenters. The largest absolute Gasteiger partial charge is 0.396 e. The highest BCUT2D eigenvalue weighted by Gasteiger charge is 2.32. The van der Waals surface area contributed by atoms with Crippen LogP contribution in [0.4, 0.5) is 0 Å². The second-order valence-corrected chi connectivity index (χ2v) is 5.11. The van der Waals surface area contributed by atoms with Gasteiger partial charge in [-0.3, -0.25) is 0 Å². The molecule has 3 nitrogen and oxygen atoms in total. The van der Waals surface area contributed by atoms with Crippen LogP contribution in [-0.4, -0.2) is 37.5 Å². The Labute approximate surface area is 92.2 Å². The fourth-order valence-electron chi connectivity index (χ4n) is 2.80. The van der Waals surface area contributed by atoms with Crippen molar-refractivity contribution in [2.75, 3.05) is 26.3 Å². The van der Waals surface area contributed by atoms with Crippen molar-refractivity contribution in [1.29, 1.82) is 0 Å². The van der Waals surface area contributed by atoms with Crippen molar-refractivity contribution < 1.29 is 9.84 Å².